The molecule has 0 unspecified atom stereocenters. The number of hydrogen-bond donors (Lipinski definition) is 0. The molecule has 9 rings (SSSR count). The molecule has 0 amide bonds. The van der Waals surface area contributed by atoms with Crippen molar-refractivity contribution in [2.75, 3.05) is 4.90 Å². The Hall–Kier alpha value is -7.14. The van der Waals surface area contributed by atoms with Gasteiger partial charge in [0.1, 0.15) is 0 Å². The molecule has 9 aromatic carbocycles. The summed E-state index contributed by atoms with van der Waals surface area (Å²) in [5.41, 5.74) is 15.4. The maximum absolute atomic E-state index is 3.14. The number of fused-ring (bicyclic) bond motifs is 2. The molecular weight excluding hydrogens is 663 g/mol. The molecule has 0 radical (unpaired) electrons. The monoisotopic (exact) mass is 701 g/mol. The van der Waals surface area contributed by atoms with Crippen LogP contribution in [0.1, 0.15) is 27.8 Å². The maximum atomic E-state index is 3.14. The van der Waals surface area contributed by atoms with Gasteiger partial charge in [0.25, 0.3) is 0 Å². The van der Waals surface area contributed by atoms with Crippen molar-refractivity contribution in [2.45, 2.75) is 13.8 Å². The lowest BCUT2D eigenvalue weighted by Crippen LogP contribution is -2.09. The minimum absolute atomic E-state index is 1.04. The Balaban J connectivity index is 1.19. The van der Waals surface area contributed by atoms with E-state index >= 15 is 0 Å². The SMILES string of the molecule is Cc1ccc2c(-c3ccc(N(c4cc#ccc4)c4ccccc4)cc3)c3cc(C)ccc3c(-c3ccc(C(=Cc4ccccc4)c4ccccc4)cc3)c2c1. The van der Waals surface area contributed by atoms with Gasteiger partial charge in [0.15, 0.2) is 0 Å². The van der Waals surface area contributed by atoms with Crippen LogP contribution in [0.2, 0.25) is 0 Å². The van der Waals surface area contributed by atoms with Crippen molar-refractivity contribution >= 4 is 50.3 Å². The van der Waals surface area contributed by atoms with Crippen LogP contribution in [0, 0.1) is 26.0 Å². The first-order valence-corrected chi connectivity index (χ1v) is 18.8. The van der Waals surface area contributed by atoms with Gasteiger partial charge in [-0.25, -0.2) is 0 Å². The van der Waals surface area contributed by atoms with E-state index in [0.29, 0.717) is 0 Å². The van der Waals surface area contributed by atoms with E-state index < -0.39 is 0 Å². The van der Waals surface area contributed by atoms with Crippen molar-refractivity contribution in [3.63, 3.8) is 0 Å². The topological polar surface area (TPSA) is 3.24 Å². The van der Waals surface area contributed by atoms with Gasteiger partial charge >= 0.3 is 0 Å². The molecule has 0 aliphatic heterocycles. The van der Waals surface area contributed by atoms with Gasteiger partial charge in [0, 0.05) is 17.4 Å². The van der Waals surface area contributed by atoms with E-state index in [0.717, 1.165) is 17.1 Å². The average Bonchev–Trinajstić information content (AvgIpc) is 3.24. The van der Waals surface area contributed by atoms with Gasteiger partial charge in [0.05, 0.1) is 5.69 Å². The summed E-state index contributed by atoms with van der Waals surface area (Å²) < 4.78 is 0. The first-order chi connectivity index (χ1) is 27.1. The summed E-state index contributed by atoms with van der Waals surface area (Å²) >= 11 is 0. The Morgan fingerprint density at radius 1 is 0.436 bits per heavy atom. The largest absolute Gasteiger partial charge is 0.310 e. The Morgan fingerprint density at radius 2 is 0.945 bits per heavy atom. The first-order valence-electron chi connectivity index (χ1n) is 18.8. The van der Waals surface area contributed by atoms with Gasteiger partial charge in [-0.1, -0.05) is 175 Å². The van der Waals surface area contributed by atoms with Crippen molar-refractivity contribution in [3.8, 4) is 22.3 Å². The molecule has 0 aliphatic rings. The number of para-hydroxylation sites is 1. The van der Waals surface area contributed by atoms with Gasteiger partial charge in [-0.3, -0.25) is 0 Å². The second kappa shape index (κ2) is 14.7. The van der Waals surface area contributed by atoms with Crippen molar-refractivity contribution in [2.24, 2.45) is 0 Å². The molecule has 0 bridgehead atoms. The lowest BCUT2D eigenvalue weighted by molar-refractivity contribution is 1.29. The smallest absolute Gasteiger partial charge is 0.0551 e. The fourth-order valence-corrected chi connectivity index (χ4v) is 7.84. The van der Waals surface area contributed by atoms with Crippen molar-refractivity contribution in [3.05, 3.63) is 234 Å². The summed E-state index contributed by atoms with van der Waals surface area (Å²) in [4.78, 5) is 2.27. The Morgan fingerprint density at radius 3 is 1.51 bits per heavy atom. The molecular formula is C54H39N. The van der Waals surface area contributed by atoms with E-state index in [4.69, 9.17) is 0 Å². The Bertz CT molecular complexity index is 2730. The molecule has 0 aliphatic carbocycles. The van der Waals surface area contributed by atoms with Crippen LogP contribution in [0.5, 0.6) is 0 Å². The molecule has 0 saturated carbocycles. The van der Waals surface area contributed by atoms with Gasteiger partial charge < -0.3 is 4.90 Å². The average molecular weight is 702 g/mol. The van der Waals surface area contributed by atoms with Crippen LogP contribution in [0.15, 0.2) is 194 Å². The normalized spacial score (nSPS) is 11.4. The molecule has 0 N–H and O–H groups in total. The van der Waals surface area contributed by atoms with E-state index in [1.807, 2.05) is 12.1 Å². The lowest BCUT2D eigenvalue weighted by atomic mass is 9.84. The summed E-state index contributed by atoms with van der Waals surface area (Å²) in [6.07, 6.45) is 2.29. The molecule has 0 spiro atoms. The molecule has 1 heteroatoms. The van der Waals surface area contributed by atoms with E-state index in [-0.39, 0.29) is 0 Å². The Kier molecular flexibility index (Phi) is 9.01. The quantitative estimate of drug-likeness (QED) is 0.113. The zero-order chi connectivity index (χ0) is 37.1. The van der Waals surface area contributed by atoms with E-state index in [1.165, 1.54) is 77.2 Å². The second-order valence-electron chi connectivity index (χ2n) is 14.2. The zero-order valence-electron chi connectivity index (χ0n) is 31.0. The van der Waals surface area contributed by atoms with Crippen LogP contribution in [-0.2, 0) is 0 Å². The van der Waals surface area contributed by atoms with E-state index in [9.17, 15) is 0 Å². The predicted octanol–water partition coefficient (Wildman–Crippen LogP) is 14.6. The number of benzene rings is 8. The van der Waals surface area contributed by atoms with Crippen LogP contribution in [0.3, 0.4) is 0 Å². The highest BCUT2D eigenvalue weighted by molar-refractivity contribution is 6.21. The summed E-state index contributed by atoms with van der Waals surface area (Å²) in [7, 11) is 0. The summed E-state index contributed by atoms with van der Waals surface area (Å²) in [5.74, 6) is 0. The summed E-state index contributed by atoms with van der Waals surface area (Å²) in [6, 6.07) is 76.0. The number of rotatable bonds is 8. The highest BCUT2D eigenvalue weighted by Gasteiger charge is 2.19. The van der Waals surface area contributed by atoms with Crippen molar-refractivity contribution < 1.29 is 0 Å². The van der Waals surface area contributed by atoms with E-state index in [1.54, 1.807) is 0 Å². The number of anilines is 3. The fraction of sp³-hybridized carbons (Fsp3) is 0.0370. The van der Waals surface area contributed by atoms with E-state index in [2.05, 4.69) is 219 Å². The molecule has 260 valence electrons. The minimum Gasteiger partial charge on any atom is -0.310 e. The van der Waals surface area contributed by atoms with Crippen molar-refractivity contribution in [1.82, 2.24) is 0 Å². The molecule has 1 nitrogen and oxygen atoms in total. The highest BCUT2D eigenvalue weighted by atomic mass is 15.1. The molecule has 0 saturated heterocycles. The molecule has 0 atom stereocenters. The first kappa shape index (κ1) is 33.7. The number of hydrogen-bond acceptors (Lipinski definition) is 1. The second-order valence-corrected chi connectivity index (χ2v) is 14.2. The number of nitrogens with zero attached hydrogens (tertiary/aromatic N) is 1. The summed E-state index contributed by atoms with van der Waals surface area (Å²) in [6.45, 7) is 4.38. The Labute approximate surface area is 324 Å². The summed E-state index contributed by atoms with van der Waals surface area (Å²) in [5, 5.41) is 5.01. The third-order valence-corrected chi connectivity index (χ3v) is 10.4. The van der Waals surface area contributed by atoms with Gasteiger partial charge in [-0.15, -0.1) is 0 Å². The van der Waals surface area contributed by atoms with Gasteiger partial charge in [0.2, 0.25) is 0 Å². The van der Waals surface area contributed by atoms with Crippen LogP contribution in [0.4, 0.5) is 17.1 Å². The zero-order valence-corrected chi connectivity index (χ0v) is 31.0. The van der Waals surface area contributed by atoms with Crippen LogP contribution in [0.25, 0.3) is 55.4 Å². The van der Waals surface area contributed by atoms with Gasteiger partial charge in [-0.2, -0.15) is 0 Å². The molecule has 9 aromatic rings. The molecule has 0 heterocycles. The molecule has 55 heavy (non-hydrogen) atoms. The third-order valence-electron chi connectivity index (χ3n) is 10.4. The van der Waals surface area contributed by atoms with Crippen LogP contribution >= 0.6 is 0 Å². The third kappa shape index (κ3) is 6.67. The predicted molar refractivity (Wildman–Crippen MR) is 234 cm³/mol. The minimum atomic E-state index is 1.04. The highest BCUT2D eigenvalue weighted by Crippen LogP contribution is 2.45. The van der Waals surface area contributed by atoms with Crippen molar-refractivity contribution in [1.29, 1.82) is 0 Å². The standard InChI is InChI=1S/C54H39N/c1-38-24-34-49-51(35-38)53(43-27-25-42(26-28-43)50(41-17-9-4-10-18-41)37-40-15-7-3-8-16-40)48-33-23-39(2)36-52(48)54(49)44-29-31-47(32-30-44)55(45-19-11-5-12-20-45)46-21-13-6-14-22-46/h3-5,7-13,15-37H,1-2H3. The van der Waals surface area contributed by atoms with Crippen LogP contribution in [-0.4, -0.2) is 0 Å². The maximum Gasteiger partial charge on any atom is 0.0551 e. The lowest BCUT2D eigenvalue weighted by Gasteiger charge is -2.25. The fourth-order valence-electron chi connectivity index (χ4n) is 7.84. The van der Waals surface area contributed by atoms with Gasteiger partial charge in [-0.05, 0) is 122 Å². The molecule has 0 aromatic heterocycles. The van der Waals surface area contributed by atoms with Crippen LogP contribution < -0.4 is 4.90 Å². The number of aryl methyl sites for hydroxylation is 2. The molecule has 0 fully saturated rings.